The van der Waals surface area contributed by atoms with Crippen molar-refractivity contribution in [2.75, 3.05) is 13.1 Å². The van der Waals surface area contributed by atoms with Gasteiger partial charge in [0.1, 0.15) is 5.78 Å². The Kier molecular flexibility index (Phi) is 1.05. The van der Waals surface area contributed by atoms with Gasteiger partial charge < -0.3 is 0 Å². The van der Waals surface area contributed by atoms with Crippen LogP contribution in [0.2, 0.25) is 0 Å². The molecule has 0 unspecified atom stereocenters. The first-order chi connectivity index (χ1) is 5.34. The monoisotopic (exact) mass is 151 g/mol. The summed E-state index contributed by atoms with van der Waals surface area (Å²) in [6.45, 7) is 2.17. The van der Waals surface area contributed by atoms with Gasteiger partial charge in [-0.15, -0.1) is 0 Å². The molecule has 4 fully saturated rings. The number of piperidine rings is 2. The van der Waals surface area contributed by atoms with Gasteiger partial charge in [0.2, 0.25) is 0 Å². The summed E-state index contributed by atoms with van der Waals surface area (Å²) in [4.78, 5) is 13.7. The molecule has 2 heteroatoms. The van der Waals surface area contributed by atoms with Crippen LogP contribution in [-0.2, 0) is 4.79 Å². The number of nitrogens with zero attached hydrogens (tertiary/aromatic N) is 1. The Labute approximate surface area is 66.6 Å². The van der Waals surface area contributed by atoms with E-state index in [1.807, 2.05) is 0 Å². The number of fused-ring (bicyclic) bond motifs is 2. The van der Waals surface area contributed by atoms with Crippen LogP contribution in [0.25, 0.3) is 0 Å². The fourth-order valence-electron chi connectivity index (χ4n) is 2.46. The molecule has 0 aromatic heterocycles. The Hall–Kier alpha value is -0.370. The van der Waals surface area contributed by atoms with Crippen molar-refractivity contribution in [2.24, 2.45) is 11.8 Å². The molecule has 0 radical (unpaired) electrons. The average molecular weight is 151 g/mol. The predicted molar refractivity (Wildman–Crippen MR) is 41.2 cm³/mol. The van der Waals surface area contributed by atoms with E-state index in [0.717, 1.165) is 19.1 Å². The summed E-state index contributed by atoms with van der Waals surface area (Å²) in [7, 11) is 0. The second kappa shape index (κ2) is 1.86. The maximum absolute atomic E-state index is 11.2. The smallest absolute Gasteiger partial charge is 0.141 e. The lowest BCUT2D eigenvalue weighted by Crippen LogP contribution is -2.56. The van der Waals surface area contributed by atoms with Crippen molar-refractivity contribution >= 4 is 5.78 Å². The van der Waals surface area contributed by atoms with E-state index in [1.54, 1.807) is 0 Å². The van der Waals surface area contributed by atoms with Crippen LogP contribution in [0.5, 0.6) is 0 Å². The molecule has 0 amide bonds. The Morgan fingerprint density at radius 1 is 1.18 bits per heavy atom. The van der Waals surface area contributed by atoms with E-state index >= 15 is 0 Å². The molecule has 60 valence electrons. The van der Waals surface area contributed by atoms with Crippen LogP contribution >= 0.6 is 0 Å². The molecule has 0 N–H and O–H groups in total. The minimum absolute atomic E-state index is 0.439. The van der Waals surface area contributed by atoms with E-state index in [-0.39, 0.29) is 0 Å². The number of rotatable bonds is 1. The summed E-state index contributed by atoms with van der Waals surface area (Å²) in [5.74, 6) is 1.44. The Bertz CT molecular complexity index is 196. The molecule has 2 aliphatic carbocycles. The van der Waals surface area contributed by atoms with Crippen molar-refractivity contribution in [3.05, 3.63) is 0 Å². The van der Waals surface area contributed by atoms with Crippen molar-refractivity contribution in [2.45, 2.75) is 25.3 Å². The maximum atomic E-state index is 11.2. The van der Waals surface area contributed by atoms with Crippen LogP contribution in [0.15, 0.2) is 0 Å². The van der Waals surface area contributed by atoms with Crippen LogP contribution in [0.4, 0.5) is 0 Å². The predicted octanol–water partition coefficient (Wildman–Crippen LogP) is 0.670. The first kappa shape index (κ1) is 6.18. The second-order valence-corrected chi connectivity index (χ2v) is 4.22. The van der Waals surface area contributed by atoms with Crippen molar-refractivity contribution in [3.8, 4) is 0 Å². The number of ketones is 1. The molecule has 2 heterocycles. The first-order valence-electron chi connectivity index (χ1n) is 4.62. The van der Waals surface area contributed by atoms with E-state index < -0.39 is 0 Å². The van der Waals surface area contributed by atoms with Crippen molar-refractivity contribution in [1.82, 2.24) is 4.90 Å². The highest BCUT2D eigenvalue weighted by molar-refractivity contribution is 5.90. The van der Waals surface area contributed by atoms with Crippen LogP contribution in [-0.4, -0.2) is 29.8 Å². The minimum Gasteiger partial charge on any atom is -0.299 e. The van der Waals surface area contributed by atoms with Gasteiger partial charge in [-0.05, 0) is 19.3 Å². The topological polar surface area (TPSA) is 20.3 Å². The zero-order chi connectivity index (χ0) is 7.42. The third kappa shape index (κ3) is 0.791. The number of carbonyl (C=O) groups excluding carboxylic acids is 1. The number of Topliss-reactive ketones (excluding diaryl/α,β-unsaturated/α-hetero) is 1. The number of hydrogen-bond donors (Lipinski definition) is 0. The Morgan fingerprint density at radius 2 is 1.82 bits per heavy atom. The van der Waals surface area contributed by atoms with E-state index in [0.29, 0.717) is 17.6 Å². The number of hydrogen-bond acceptors (Lipinski definition) is 2. The summed E-state index contributed by atoms with van der Waals surface area (Å²) in [5.41, 5.74) is 0. The van der Waals surface area contributed by atoms with Gasteiger partial charge in [0.05, 0.1) is 0 Å². The van der Waals surface area contributed by atoms with E-state index in [4.69, 9.17) is 0 Å². The van der Waals surface area contributed by atoms with Crippen molar-refractivity contribution in [1.29, 1.82) is 0 Å². The van der Waals surface area contributed by atoms with Crippen LogP contribution in [0, 0.1) is 11.8 Å². The third-order valence-electron chi connectivity index (χ3n) is 3.35. The molecule has 0 aromatic carbocycles. The van der Waals surface area contributed by atoms with Crippen LogP contribution in [0.1, 0.15) is 19.3 Å². The first-order valence-corrected chi connectivity index (χ1v) is 4.62. The van der Waals surface area contributed by atoms with Gasteiger partial charge in [0.25, 0.3) is 0 Å². The second-order valence-electron chi connectivity index (χ2n) is 4.22. The van der Waals surface area contributed by atoms with E-state index in [1.165, 1.54) is 19.3 Å². The Balaban J connectivity index is 1.72. The van der Waals surface area contributed by atoms with Gasteiger partial charge >= 0.3 is 0 Å². The largest absolute Gasteiger partial charge is 0.299 e. The molecule has 0 aromatic rings. The third-order valence-corrected chi connectivity index (χ3v) is 3.35. The zero-order valence-corrected chi connectivity index (χ0v) is 6.62. The van der Waals surface area contributed by atoms with Crippen LogP contribution in [0.3, 0.4) is 0 Å². The quantitative estimate of drug-likeness (QED) is 0.549. The number of carbonyl (C=O) groups is 1. The summed E-state index contributed by atoms with van der Waals surface area (Å²) >= 11 is 0. The fraction of sp³-hybridized carbons (Fsp3) is 0.889. The molecule has 2 nitrogen and oxygen atoms in total. The molecule has 2 aliphatic heterocycles. The van der Waals surface area contributed by atoms with Gasteiger partial charge in [0.15, 0.2) is 0 Å². The molecule has 0 spiro atoms. The molecule has 2 saturated heterocycles. The van der Waals surface area contributed by atoms with E-state index in [2.05, 4.69) is 4.90 Å². The fourth-order valence-corrected chi connectivity index (χ4v) is 2.46. The van der Waals surface area contributed by atoms with Gasteiger partial charge in [-0.25, -0.2) is 0 Å². The van der Waals surface area contributed by atoms with E-state index in [9.17, 15) is 4.79 Å². The normalized spacial score (nSPS) is 43.8. The molecule has 4 rings (SSSR count). The molecule has 2 saturated carbocycles. The standard InChI is InChI=1S/C9H13NO/c11-9-6-3-7(9)5-10(4-6)8-1-2-8/h6-8H,1-5H2/t6-,7-/m1/s1. The van der Waals surface area contributed by atoms with Gasteiger partial charge in [-0.3, -0.25) is 9.69 Å². The van der Waals surface area contributed by atoms with Gasteiger partial charge in [-0.1, -0.05) is 0 Å². The zero-order valence-electron chi connectivity index (χ0n) is 6.62. The summed E-state index contributed by atoms with van der Waals surface area (Å²) in [6.07, 6.45) is 3.96. The average Bonchev–Trinajstić information content (AvgIpc) is 2.86. The summed E-state index contributed by atoms with van der Waals surface area (Å²) in [5, 5.41) is 0. The lowest BCUT2D eigenvalue weighted by molar-refractivity contribution is -0.143. The maximum Gasteiger partial charge on any atom is 0.141 e. The lowest BCUT2D eigenvalue weighted by Gasteiger charge is -2.45. The lowest BCUT2D eigenvalue weighted by atomic mass is 9.69. The van der Waals surface area contributed by atoms with Gasteiger partial charge in [0, 0.05) is 31.0 Å². The highest BCUT2D eigenvalue weighted by Gasteiger charge is 2.48. The highest BCUT2D eigenvalue weighted by atomic mass is 16.1. The summed E-state index contributed by atoms with van der Waals surface area (Å²) in [6, 6.07) is 0.869. The molecule has 11 heavy (non-hydrogen) atoms. The van der Waals surface area contributed by atoms with Gasteiger partial charge in [-0.2, -0.15) is 0 Å². The molecule has 4 aliphatic rings. The van der Waals surface area contributed by atoms with Crippen LogP contribution < -0.4 is 0 Å². The molecule has 2 atom stereocenters. The van der Waals surface area contributed by atoms with Crippen molar-refractivity contribution < 1.29 is 4.79 Å². The minimum atomic E-state index is 0.439. The molecular weight excluding hydrogens is 138 g/mol. The van der Waals surface area contributed by atoms with Crippen molar-refractivity contribution in [3.63, 3.8) is 0 Å². The highest BCUT2D eigenvalue weighted by Crippen LogP contribution is 2.40. The Morgan fingerprint density at radius 3 is 2.27 bits per heavy atom. The summed E-state index contributed by atoms with van der Waals surface area (Å²) < 4.78 is 0. The molecular formula is C9H13NO. The molecule has 2 bridgehead atoms. The SMILES string of the molecule is O=C1[C@@H]2C[C@@H]1CN(C1CC1)C2.